The van der Waals surface area contributed by atoms with Crippen LogP contribution < -0.4 is 0 Å². The van der Waals surface area contributed by atoms with Crippen LogP contribution in [0.4, 0.5) is 0 Å². The van der Waals surface area contributed by atoms with Gasteiger partial charge in [-0.2, -0.15) is 0 Å². The van der Waals surface area contributed by atoms with Crippen molar-refractivity contribution in [3.05, 3.63) is 0 Å². The standard InChI is InChI=1S/C19H38/c1-10-18(9,17(7,8)12-14(3)4)19(11-2)13-15(5)16(19)6/h14-16H,10-13H2,1-9H3. The lowest BCUT2D eigenvalue weighted by Gasteiger charge is -2.67. The Morgan fingerprint density at radius 1 is 1.11 bits per heavy atom. The molecule has 0 spiro atoms. The Bertz CT molecular complexity index is 301. The average molecular weight is 267 g/mol. The van der Waals surface area contributed by atoms with Gasteiger partial charge in [0.05, 0.1) is 0 Å². The van der Waals surface area contributed by atoms with E-state index >= 15 is 0 Å². The molecule has 0 N–H and O–H groups in total. The maximum absolute atomic E-state index is 2.60. The van der Waals surface area contributed by atoms with Crippen LogP contribution in [0.15, 0.2) is 0 Å². The highest BCUT2D eigenvalue weighted by molar-refractivity contribution is 5.10. The minimum absolute atomic E-state index is 0.431. The Morgan fingerprint density at radius 2 is 1.63 bits per heavy atom. The van der Waals surface area contributed by atoms with E-state index in [0.29, 0.717) is 16.2 Å². The monoisotopic (exact) mass is 266 g/mol. The molecule has 1 rings (SSSR count). The molecule has 0 aromatic heterocycles. The van der Waals surface area contributed by atoms with Crippen LogP contribution in [0, 0.1) is 34.0 Å². The first-order chi connectivity index (χ1) is 8.58. The lowest BCUT2D eigenvalue weighted by atomic mass is 9.37. The van der Waals surface area contributed by atoms with Gasteiger partial charge in [-0.1, -0.05) is 62.3 Å². The van der Waals surface area contributed by atoms with Gasteiger partial charge in [-0.15, -0.1) is 0 Å². The molecule has 4 unspecified atom stereocenters. The van der Waals surface area contributed by atoms with Crippen molar-refractivity contribution in [2.24, 2.45) is 34.0 Å². The van der Waals surface area contributed by atoms with Gasteiger partial charge in [0, 0.05) is 0 Å². The summed E-state index contributed by atoms with van der Waals surface area (Å²) in [6.07, 6.45) is 5.46. The SMILES string of the molecule is CCC1(C(C)(CC)C(C)(C)CC(C)C)CC(C)C1C. The summed E-state index contributed by atoms with van der Waals surface area (Å²) in [7, 11) is 0. The van der Waals surface area contributed by atoms with Crippen LogP contribution in [0.25, 0.3) is 0 Å². The zero-order chi connectivity index (χ0) is 15.1. The van der Waals surface area contributed by atoms with E-state index in [2.05, 4.69) is 62.3 Å². The molecule has 1 aliphatic carbocycles. The molecule has 0 saturated heterocycles. The quantitative estimate of drug-likeness (QED) is 0.511. The van der Waals surface area contributed by atoms with E-state index in [1.807, 2.05) is 0 Å². The van der Waals surface area contributed by atoms with E-state index in [4.69, 9.17) is 0 Å². The molecule has 0 radical (unpaired) electrons. The number of rotatable bonds is 6. The summed E-state index contributed by atoms with van der Waals surface area (Å²) >= 11 is 0. The summed E-state index contributed by atoms with van der Waals surface area (Å²) < 4.78 is 0. The van der Waals surface area contributed by atoms with Crippen molar-refractivity contribution < 1.29 is 0 Å². The van der Waals surface area contributed by atoms with Gasteiger partial charge in [0.15, 0.2) is 0 Å². The molecule has 1 fully saturated rings. The lowest BCUT2D eigenvalue weighted by Crippen LogP contribution is -2.60. The highest BCUT2D eigenvalue weighted by atomic mass is 14.7. The summed E-state index contributed by atoms with van der Waals surface area (Å²) in [5.41, 5.74) is 1.46. The van der Waals surface area contributed by atoms with Crippen LogP contribution in [0.3, 0.4) is 0 Å². The molecule has 0 aromatic rings. The smallest absolute Gasteiger partial charge is 0.0210 e. The van der Waals surface area contributed by atoms with Crippen LogP contribution in [0.5, 0.6) is 0 Å². The summed E-state index contributed by atoms with van der Waals surface area (Å²) in [5, 5.41) is 0. The Labute approximate surface area is 122 Å². The molecule has 114 valence electrons. The first-order valence-corrected chi connectivity index (χ1v) is 8.58. The van der Waals surface area contributed by atoms with Crippen molar-refractivity contribution in [2.45, 2.75) is 88.0 Å². The fourth-order valence-corrected chi connectivity index (χ4v) is 5.66. The molecule has 0 heteroatoms. The summed E-state index contributed by atoms with van der Waals surface area (Å²) in [6.45, 7) is 22.2. The first kappa shape index (κ1) is 17.1. The third kappa shape index (κ3) is 2.38. The van der Waals surface area contributed by atoms with Crippen molar-refractivity contribution in [1.29, 1.82) is 0 Å². The van der Waals surface area contributed by atoms with Crippen molar-refractivity contribution in [3.8, 4) is 0 Å². The average Bonchev–Trinajstić information content (AvgIpc) is 2.32. The lowest BCUT2D eigenvalue weighted by molar-refractivity contribution is -0.184. The molecule has 0 aromatic carbocycles. The fraction of sp³-hybridized carbons (Fsp3) is 1.00. The van der Waals surface area contributed by atoms with Gasteiger partial charge in [-0.3, -0.25) is 0 Å². The van der Waals surface area contributed by atoms with Crippen LogP contribution in [0.1, 0.15) is 88.0 Å². The van der Waals surface area contributed by atoms with Crippen molar-refractivity contribution in [1.82, 2.24) is 0 Å². The molecule has 4 atom stereocenters. The van der Waals surface area contributed by atoms with Gasteiger partial charge in [0.25, 0.3) is 0 Å². The molecule has 1 saturated carbocycles. The zero-order valence-corrected chi connectivity index (χ0v) is 15.1. The third-order valence-corrected chi connectivity index (χ3v) is 7.26. The second-order valence-corrected chi connectivity index (χ2v) is 8.65. The third-order valence-electron chi connectivity index (χ3n) is 7.26. The van der Waals surface area contributed by atoms with E-state index in [-0.39, 0.29) is 0 Å². The minimum Gasteiger partial charge on any atom is -0.0648 e. The van der Waals surface area contributed by atoms with Crippen LogP contribution >= 0.6 is 0 Å². The molecule has 1 aliphatic rings. The number of hydrogen-bond acceptors (Lipinski definition) is 0. The molecule has 19 heavy (non-hydrogen) atoms. The van der Waals surface area contributed by atoms with Crippen molar-refractivity contribution >= 4 is 0 Å². The molecular formula is C19H38. The molecular weight excluding hydrogens is 228 g/mol. The largest absolute Gasteiger partial charge is 0.0648 e. The first-order valence-electron chi connectivity index (χ1n) is 8.58. The normalized spacial score (nSPS) is 35.1. The number of hydrogen-bond donors (Lipinski definition) is 0. The summed E-state index contributed by atoms with van der Waals surface area (Å²) in [6, 6.07) is 0. The second-order valence-electron chi connectivity index (χ2n) is 8.65. The highest BCUT2D eigenvalue weighted by Gasteiger charge is 2.61. The Kier molecular flexibility index (Phi) is 4.86. The Balaban J connectivity index is 3.15. The van der Waals surface area contributed by atoms with Gasteiger partial charge in [0.1, 0.15) is 0 Å². The van der Waals surface area contributed by atoms with Crippen molar-refractivity contribution in [2.75, 3.05) is 0 Å². The molecule has 0 bridgehead atoms. The predicted molar refractivity (Wildman–Crippen MR) is 87.3 cm³/mol. The van der Waals surface area contributed by atoms with Gasteiger partial charge in [-0.05, 0) is 59.7 Å². The van der Waals surface area contributed by atoms with E-state index in [1.165, 1.54) is 25.7 Å². The maximum Gasteiger partial charge on any atom is -0.0210 e. The second kappa shape index (κ2) is 5.41. The Morgan fingerprint density at radius 3 is 1.89 bits per heavy atom. The van der Waals surface area contributed by atoms with Crippen LogP contribution in [-0.4, -0.2) is 0 Å². The molecule has 0 heterocycles. The van der Waals surface area contributed by atoms with E-state index in [9.17, 15) is 0 Å². The van der Waals surface area contributed by atoms with Crippen LogP contribution in [-0.2, 0) is 0 Å². The van der Waals surface area contributed by atoms with Gasteiger partial charge in [0.2, 0.25) is 0 Å². The van der Waals surface area contributed by atoms with E-state index in [0.717, 1.165) is 17.8 Å². The Hall–Kier alpha value is 0. The minimum atomic E-state index is 0.431. The molecule has 0 aliphatic heterocycles. The van der Waals surface area contributed by atoms with Gasteiger partial charge in [-0.25, -0.2) is 0 Å². The molecule has 0 amide bonds. The highest BCUT2D eigenvalue weighted by Crippen LogP contribution is 2.69. The molecule has 0 nitrogen and oxygen atoms in total. The van der Waals surface area contributed by atoms with Crippen molar-refractivity contribution in [3.63, 3.8) is 0 Å². The summed E-state index contributed by atoms with van der Waals surface area (Å²) in [5.74, 6) is 2.59. The van der Waals surface area contributed by atoms with Gasteiger partial charge >= 0.3 is 0 Å². The van der Waals surface area contributed by atoms with E-state index in [1.54, 1.807) is 0 Å². The van der Waals surface area contributed by atoms with Gasteiger partial charge < -0.3 is 0 Å². The topological polar surface area (TPSA) is 0 Å². The van der Waals surface area contributed by atoms with E-state index < -0.39 is 0 Å². The zero-order valence-electron chi connectivity index (χ0n) is 15.1. The predicted octanol–water partition coefficient (Wildman–Crippen LogP) is 6.55. The van der Waals surface area contributed by atoms with Crippen LogP contribution in [0.2, 0.25) is 0 Å². The maximum atomic E-state index is 2.60. The fourth-order valence-electron chi connectivity index (χ4n) is 5.66. The summed E-state index contributed by atoms with van der Waals surface area (Å²) in [4.78, 5) is 0.